The van der Waals surface area contributed by atoms with Crippen LogP contribution >= 0.6 is 0 Å². The van der Waals surface area contributed by atoms with E-state index in [1.165, 1.54) is 0 Å². The molecule has 4 heterocycles. The minimum atomic E-state index is -0.130. The van der Waals surface area contributed by atoms with Crippen LogP contribution in [-0.2, 0) is 9.53 Å². The summed E-state index contributed by atoms with van der Waals surface area (Å²) >= 11 is 0. The Morgan fingerprint density at radius 2 is 2.06 bits per heavy atom. The van der Waals surface area contributed by atoms with Gasteiger partial charge in [0.25, 0.3) is 0 Å². The first-order valence-corrected chi connectivity index (χ1v) is 10.9. The molecule has 3 aromatic rings. The zero-order valence-electron chi connectivity index (χ0n) is 19.3. The number of nitrogens with one attached hydrogen (secondary N) is 1. The lowest BCUT2D eigenvalue weighted by molar-refractivity contribution is -0.117. The molecule has 170 valence electrons. The molecule has 1 unspecified atom stereocenters. The number of likely N-dealkylation sites (tertiary alicyclic amines) is 1. The van der Waals surface area contributed by atoms with Gasteiger partial charge in [0.05, 0.1) is 24.4 Å². The molecule has 3 aromatic heterocycles. The summed E-state index contributed by atoms with van der Waals surface area (Å²) in [7, 11) is 0. The number of hydrogen-bond acceptors (Lipinski definition) is 7. The number of carbonyl (C=O) groups is 1. The van der Waals surface area contributed by atoms with Crippen LogP contribution in [0.2, 0.25) is 0 Å². The third-order valence-corrected chi connectivity index (χ3v) is 5.23. The van der Waals surface area contributed by atoms with Gasteiger partial charge in [-0.2, -0.15) is 5.10 Å². The quantitative estimate of drug-likeness (QED) is 0.604. The van der Waals surface area contributed by atoms with Crippen molar-refractivity contribution in [3.63, 3.8) is 0 Å². The van der Waals surface area contributed by atoms with Crippen molar-refractivity contribution in [1.29, 1.82) is 0 Å². The summed E-state index contributed by atoms with van der Waals surface area (Å²) in [6, 6.07) is 7.38. The van der Waals surface area contributed by atoms with Crippen LogP contribution in [0.1, 0.15) is 37.4 Å². The number of furan rings is 1. The first-order chi connectivity index (χ1) is 15.3. The molecule has 0 radical (unpaired) electrons. The molecule has 0 saturated carbocycles. The Bertz CT molecular complexity index is 1100. The molecule has 0 spiro atoms. The largest absolute Gasteiger partial charge is 0.458 e. The lowest BCUT2D eigenvalue weighted by Crippen LogP contribution is -2.33. The number of amides is 1. The van der Waals surface area contributed by atoms with Gasteiger partial charge in [-0.1, -0.05) is 0 Å². The maximum absolute atomic E-state index is 12.8. The van der Waals surface area contributed by atoms with Crippen LogP contribution in [0.4, 0.5) is 5.82 Å². The molecule has 1 fully saturated rings. The molecular weight excluding hydrogens is 408 g/mol. The summed E-state index contributed by atoms with van der Waals surface area (Å²) in [6.07, 6.45) is 1.29. The summed E-state index contributed by atoms with van der Waals surface area (Å²) < 4.78 is 13.3. The van der Waals surface area contributed by atoms with Gasteiger partial charge in [-0.05, 0) is 59.2 Å². The molecule has 0 aromatic carbocycles. The molecule has 4 rings (SSSR count). The minimum absolute atomic E-state index is 0.130. The van der Waals surface area contributed by atoms with Gasteiger partial charge in [-0.3, -0.25) is 9.69 Å². The molecule has 9 nitrogen and oxygen atoms in total. The highest BCUT2D eigenvalue weighted by atomic mass is 16.5. The molecule has 0 bridgehead atoms. The summed E-state index contributed by atoms with van der Waals surface area (Å²) in [6.45, 7) is 11.7. The summed E-state index contributed by atoms with van der Waals surface area (Å²) in [4.78, 5) is 24.0. The number of nitrogens with zero attached hydrogens (tertiary/aromatic N) is 5. The Balaban J connectivity index is 1.54. The van der Waals surface area contributed by atoms with E-state index in [1.54, 1.807) is 10.7 Å². The monoisotopic (exact) mass is 438 g/mol. The van der Waals surface area contributed by atoms with Crippen molar-refractivity contribution in [2.75, 3.05) is 25.0 Å². The number of aromatic nitrogens is 4. The Morgan fingerprint density at radius 3 is 2.72 bits per heavy atom. The van der Waals surface area contributed by atoms with E-state index in [1.807, 2.05) is 52.8 Å². The third-order valence-electron chi connectivity index (χ3n) is 5.23. The molecule has 1 N–H and O–H groups in total. The van der Waals surface area contributed by atoms with Gasteiger partial charge in [0.1, 0.15) is 11.6 Å². The predicted octanol–water partition coefficient (Wildman–Crippen LogP) is 3.29. The van der Waals surface area contributed by atoms with Crippen LogP contribution in [0.25, 0.3) is 17.4 Å². The highest BCUT2D eigenvalue weighted by molar-refractivity contribution is 5.91. The maximum Gasteiger partial charge on any atom is 0.239 e. The molecule has 1 aliphatic rings. The van der Waals surface area contributed by atoms with E-state index in [4.69, 9.17) is 9.15 Å². The topological polar surface area (TPSA) is 98.3 Å². The third kappa shape index (κ3) is 5.23. The van der Waals surface area contributed by atoms with Crippen molar-refractivity contribution in [2.45, 2.75) is 53.2 Å². The molecule has 1 saturated heterocycles. The first kappa shape index (κ1) is 22.2. The smallest absolute Gasteiger partial charge is 0.239 e. The second-order valence-electron chi connectivity index (χ2n) is 8.56. The molecular formula is C23H30N6O3. The second-order valence-corrected chi connectivity index (χ2v) is 8.56. The van der Waals surface area contributed by atoms with E-state index in [-0.39, 0.29) is 24.7 Å². The fourth-order valence-corrected chi connectivity index (χ4v) is 3.95. The van der Waals surface area contributed by atoms with E-state index in [0.29, 0.717) is 23.2 Å². The van der Waals surface area contributed by atoms with Crippen LogP contribution in [-0.4, -0.2) is 62.4 Å². The van der Waals surface area contributed by atoms with Gasteiger partial charge in [-0.25, -0.2) is 14.6 Å². The first-order valence-electron chi connectivity index (χ1n) is 10.9. The van der Waals surface area contributed by atoms with Crippen molar-refractivity contribution in [3.05, 3.63) is 41.4 Å². The Kier molecular flexibility index (Phi) is 6.38. The van der Waals surface area contributed by atoms with Crippen molar-refractivity contribution in [2.24, 2.45) is 0 Å². The van der Waals surface area contributed by atoms with E-state index in [0.717, 1.165) is 36.7 Å². The van der Waals surface area contributed by atoms with E-state index >= 15 is 0 Å². The summed E-state index contributed by atoms with van der Waals surface area (Å²) in [5.74, 6) is 2.54. The minimum Gasteiger partial charge on any atom is -0.458 e. The molecule has 0 aliphatic carbocycles. The van der Waals surface area contributed by atoms with Crippen LogP contribution in [0.3, 0.4) is 0 Å². The van der Waals surface area contributed by atoms with E-state index in [2.05, 4.69) is 25.3 Å². The molecule has 1 atom stereocenters. The zero-order valence-corrected chi connectivity index (χ0v) is 19.3. The second kappa shape index (κ2) is 9.22. The van der Waals surface area contributed by atoms with E-state index < -0.39 is 0 Å². The SMILES string of the molecule is Cc1cc(C)n(-c2cc(NC(=O)CN3CCC(OC(C)C)C3)nc(-c3ccc(C)o3)n2)n1. The van der Waals surface area contributed by atoms with Crippen LogP contribution < -0.4 is 5.32 Å². The lowest BCUT2D eigenvalue weighted by Gasteiger charge is -2.17. The number of ether oxygens (including phenoxy) is 1. The van der Waals surface area contributed by atoms with Crippen LogP contribution in [0, 0.1) is 20.8 Å². The average Bonchev–Trinajstić information content (AvgIpc) is 3.41. The van der Waals surface area contributed by atoms with Gasteiger partial charge in [0.2, 0.25) is 5.91 Å². The molecule has 1 aliphatic heterocycles. The summed E-state index contributed by atoms with van der Waals surface area (Å²) in [5.41, 5.74) is 1.82. The predicted molar refractivity (Wildman–Crippen MR) is 121 cm³/mol. The molecule has 1 amide bonds. The van der Waals surface area contributed by atoms with Gasteiger partial charge in [0.15, 0.2) is 17.4 Å². The lowest BCUT2D eigenvalue weighted by atomic mass is 10.3. The van der Waals surface area contributed by atoms with Crippen LogP contribution in [0.5, 0.6) is 0 Å². The van der Waals surface area contributed by atoms with Gasteiger partial charge >= 0.3 is 0 Å². The van der Waals surface area contributed by atoms with Crippen molar-refractivity contribution >= 4 is 11.7 Å². The maximum atomic E-state index is 12.8. The standard InChI is InChI=1S/C23H30N6O3/c1-14(2)31-18-8-9-28(12-18)13-22(30)24-20-11-21(29-16(4)10-15(3)27-29)26-23(25-20)19-7-6-17(5)32-19/h6-7,10-11,14,18H,8-9,12-13H2,1-5H3,(H,24,25,26,30). The number of rotatable bonds is 7. The Labute approximate surface area is 187 Å². The fourth-order valence-electron chi connectivity index (χ4n) is 3.95. The van der Waals surface area contributed by atoms with Crippen molar-refractivity contribution in [3.8, 4) is 17.4 Å². The number of carbonyl (C=O) groups excluding carboxylic acids is 1. The Morgan fingerprint density at radius 1 is 1.25 bits per heavy atom. The molecule has 9 heteroatoms. The summed E-state index contributed by atoms with van der Waals surface area (Å²) in [5, 5.41) is 7.44. The van der Waals surface area contributed by atoms with E-state index in [9.17, 15) is 4.79 Å². The normalized spacial score (nSPS) is 16.8. The average molecular weight is 439 g/mol. The number of hydrogen-bond donors (Lipinski definition) is 1. The molecule has 32 heavy (non-hydrogen) atoms. The highest BCUT2D eigenvalue weighted by Gasteiger charge is 2.25. The van der Waals surface area contributed by atoms with Crippen LogP contribution in [0.15, 0.2) is 28.7 Å². The zero-order chi connectivity index (χ0) is 22.8. The van der Waals surface area contributed by atoms with Gasteiger partial charge < -0.3 is 14.5 Å². The number of anilines is 1. The van der Waals surface area contributed by atoms with Crippen molar-refractivity contribution < 1.29 is 13.9 Å². The van der Waals surface area contributed by atoms with Gasteiger partial charge in [0, 0.05) is 24.8 Å². The fraction of sp³-hybridized carbons (Fsp3) is 0.478. The van der Waals surface area contributed by atoms with Crippen molar-refractivity contribution in [1.82, 2.24) is 24.6 Å². The number of aryl methyl sites for hydroxylation is 3. The highest BCUT2D eigenvalue weighted by Crippen LogP contribution is 2.23. The Hall–Kier alpha value is -3.04. The van der Waals surface area contributed by atoms with Gasteiger partial charge in [-0.15, -0.1) is 0 Å².